The van der Waals surface area contributed by atoms with E-state index < -0.39 is 52.3 Å². The fraction of sp³-hybridized carbons (Fsp3) is 0.364. The van der Waals surface area contributed by atoms with Crippen molar-refractivity contribution in [3.8, 4) is 0 Å². The van der Waals surface area contributed by atoms with Crippen LogP contribution in [0.5, 0.6) is 0 Å². The molecule has 170 valence electrons. The van der Waals surface area contributed by atoms with E-state index in [1.165, 1.54) is 12.1 Å². The van der Waals surface area contributed by atoms with Gasteiger partial charge in [-0.05, 0) is 55.5 Å². The molecule has 2 aliphatic rings. The maximum atomic E-state index is 13.2. The normalized spacial score (nSPS) is 24.2. The molecule has 2 aliphatic heterocycles. The Morgan fingerprint density at radius 1 is 1.09 bits per heavy atom. The molecule has 0 saturated carbocycles. The fourth-order valence-electron chi connectivity index (χ4n) is 4.34. The first-order chi connectivity index (χ1) is 14.9. The number of hydrogen-bond acceptors (Lipinski definition) is 4. The van der Waals surface area contributed by atoms with Gasteiger partial charge in [0.25, 0.3) is 0 Å². The number of nitrogens with one attached hydrogen (secondary N) is 2. The van der Waals surface area contributed by atoms with E-state index in [-0.39, 0.29) is 16.2 Å². The number of halogens is 3. The zero-order valence-electron chi connectivity index (χ0n) is 17.3. The van der Waals surface area contributed by atoms with Crippen LogP contribution in [0.4, 0.5) is 13.2 Å². The Labute approximate surface area is 183 Å². The molecule has 0 aromatic heterocycles. The minimum absolute atomic E-state index is 0.0612. The second-order valence-corrected chi connectivity index (χ2v) is 10.1. The molecule has 0 spiro atoms. The minimum Gasteiger partial charge on any atom is -0.344 e. The predicted molar refractivity (Wildman–Crippen MR) is 109 cm³/mol. The number of aryl methyl sites for hydroxylation is 2. The molecule has 1 fully saturated rings. The Morgan fingerprint density at radius 2 is 1.81 bits per heavy atom. The zero-order valence-corrected chi connectivity index (χ0v) is 18.1. The summed E-state index contributed by atoms with van der Waals surface area (Å²) in [6.45, 7) is 3.46. The molecule has 10 heteroatoms. The highest BCUT2D eigenvalue weighted by Crippen LogP contribution is 2.42. The molecule has 0 radical (unpaired) electrons. The van der Waals surface area contributed by atoms with Crippen LogP contribution in [0.1, 0.15) is 41.1 Å². The number of amides is 2. The average Bonchev–Trinajstić information content (AvgIpc) is 2.70. The molecule has 2 heterocycles. The number of alkyl halides is 3. The molecule has 3 atom stereocenters. The lowest BCUT2D eigenvalue weighted by Crippen LogP contribution is -2.54. The smallest absolute Gasteiger partial charge is 0.344 e. The van der Waals surface area contributed by atoms with Gasteiger partial charge in [0.15, 0.2) is 0 Å². The number of benzene rings is 2. The van der Waals surface area contributed by atoms with Crippen molar-refractivity contribution in [2.24, 2.45) is 5.92 Å². The van der Waals surface area contributed by atoms with Crippen molar-refractivity contribution in [1.82, 2.24) is 10.6 Å². The van der Waals surface area contributed by atoms with Crippen molar-refractivity contribution in [1.29, 1.82) is 0 Å². The van der Waals surface area contributed by atoms with E-state index in [0.29, 0.717) is 16.7 Å². The third-order valence-corrected chi connectivity index (χ3v) is 7.87. The number of hydrogen-bond donors (Lipinski definition) is 2. The lowest BCUT2D eigenvalue weighted by molar-refractivity contribution is -0.171. The van der Waals surface area contributed by atoms with E-state index in [9.17, 15) is 31.2 Å². The quantitative estimate of drug-likeness (QED) is 0.666. The van der Waals surface area contributed by atoms with Gasteiger partial charge in [0.05, 0.1) is 15.8 Å². The zero-order chi connectivity index (χ0) is 23.4. The molecule has 0 bridgehead atoms. The Hall–Kier alpha value is -2.88. The van der Waals surface area contributed by atoms with Crippen LogP contribution < -0.4 is 10.6 Å². The van der Waals surface area contributed by atoms with Gasteiger partial charge in [0.2, 0.25) is 21.7 Å². The van der Waals surface area contributed by atoms with Crippen LogP contribution in [0.2, 0.25) is 0 Å². The molecule has 6 nitrogen and oxygen atoms in total. The van der Waals surface area contributed by atoms with E-state index >= 15 is 0 Å². The monoisotopic (exact) mass is 466 g/mol. The first-order valence-corrected chi connectivity index (χ1v) is 11.5. The summed E-state index contributed by atoms with van der Waals surface area (Å²) in [4.78, 5) is 25.4. The molecule has 32 heavy (non-hydrogen) atoms. The number of piperidine rings is 1. The Kier molecular flexibility index (Phi) is 5.31. The molecule has 2 aromatic carbocycles. The van der Waals surface area contributed by atoms with Crippen molar-refractivity contribution in [3.05, 3.63) is 58.7 Å². The van der Waals surface area contributed by atoms with Crippen LogP contribution in [0.3, 0.4) is 0 Å². The van der Waals surface area contributed by atoms with E-state index in [2.05, 4.69) is 5.32 Å². The first kappa shape index (κ1) is 22.3. The van der Waals surface area contributed by atoms with Crippen molar-refractivity contribution in [2.75, 3.05) is 0 Å². The van der Waals surface area contributed by atoms with Crippen molar-refractivity contribution in [2.45, 2.75) is 54.7 Å². The van der Waals surface area contributed by atoms with Crippen LogP contribution in [0.25, 0.3) is 0 Å². The van der Waals surface area contributed by atoms with Gasteiger partial charge < -0.3 is 10.6 Å². The second kappa shape index (κ2) is 7.61. The first-order valence-electron chi connectivity index (χ1n) is 10.0. The van der Waals surface area contributed by atoms with E-state index in [1.54, 1.807) is 38.1 Å². The summed E-state index contributed by atoms with van der Waals surface area (Å²) in [5.41, 5.74) is 2.10. The van der Waals surface area contributed by atoms with Gasteiger partial charge in [-0.3, -0.25) is 9.59 Å². The molecule has 0 aliphatic carbocycles. The van der Waals surface area contributed by atoms with Crippen LogP contribution in [0.15, 0.2) is 46.2 Å². The third kappa shape index (κ3) is 3.66. The number of carbonyl (C=O) groups is 2. The van der Waals surface area contributed by atoms with Crippen LogP contribution in [-0.2, 0) is 19.4 Å². The summed E-state index contributed by atoms with van der Waals surface area (Å²) in [6, 6.07) is 6.81. The third-order valence-electron chi connectivity index (χ3n) is 6.01. The summed E-state index contributed by atoms with van der Waals surface area (Å²) in [7, 11) is -3.83. The minimum atomic E-state index is -4.58. The molecular formula is C22H21F3N2O4S. The highest BCUT2D eigenvalue weighted by molar-refractivity contribution is 7.91. The molecular weight excluding hydrogens is 445 g/mol. The Bertz CT molecular complexity index is 1220. The van der Waals surface area contributed by atoms with Crippen LogP contribution in [-0.4, -0.2) is 32.5 Å². The van der Waals surface area contributed by atoms with Crippen LogP contribution in [0, 0.1) is 19.8 Å². The molecule has 1 saturated heterocycles. The van der Waals surface area contributed by atoms with Crippen LogP contribution >= 0.6 is 0 Å². The van der Waals surface area contributed by atoms with Gasteiger partial charge >= 0.3 is 6.18 Å². The Morgan fingerprint density at radius 3 is 2.47 bits per heavy atom. The lowest BCUT2D eigenvalue weighted by atomic mass is 9.90. The average molecular weight is 466 g/mol. The molecule has 4 rings (SSSR count). The predicted octanol–water partition coefficient (Wildman–Crippen LogP) is 3.11. The van der Waals surface area contributed by atoms with Crippen molar-refractivity contribution >= 4 is 21.7 Å². The highest BCUT2D eigenvalue weighted by atomic mass is 32.2. The summed E-state index contributed by atoms with van der Waals surface area (Å²) in [5.74, 6) is -3.03. The topological polar surface area (TPSA) is 92.3 Å². The molecule has 2 amide bonds. The SMILES string of the molecule is Cc1ccc2c(c1)S(=O)(=O)c1cccc(C)c1C2NC(=O)C1CCC(C(F)(F)F)NC1=O. The molecule has 2 aromatic rings. The highest BCUT2D eigenvalue weighted by Gasteiger charge is 2.46. The lowest BCUT2D eigenvalue weighted by Gasteiger charge is -2.33. The van der Waals surface area contributed by atoms with Gasteiger partial charge in [0.1, 0.15) is 12.0 Å². The second-order valence-electron chi connectivity index (χ2n) is 8.21. The molecule has 3 unspecified atom stereocenters. The van der Waals surface area contributed by atoms with Gasteiger partial charge in [-0.25, -0.2) is 8.42 Å². The number of carbonyl (C=O) groups excluding carboxylic acids is 2. The van der Waals surface area contributed by atoms with Gasteiger partial charge in [0, 0.05) is 5.56 Å². The summed E-state index contributed by atoms with van der Waals surface area (Å²) in [6.07, 6.45) is -5.24. The van der Waals surface area contributed by atoms with Gasteiger partial charge in [-0.15, -0.1) is 0 Å². The maximum absolute atomic E-state index is 13.2. The summed E-state index contributed by atoms with van der Waals surface area (Å²) >= 11 is 0. The van der Waals surface area contributed by atoms with Gasteiger partial charge in [-0.2, -0.15) is 13.2 Å². The number of rotatable bonds is 2. The van der Waals surface area contributed by atoms with E-state index in [1.807, 2.05) is 5.32 Å². The number of fused-ring (bicyclic) bond motifs is 2. The van der Waals surface area contributed by atoms with E-state index in [4.69, 9.17) is 0 Å². The summed E-state index contributed by atoms with van der Waals surface area (Å²) in [5, 5.41) is 4.61. The molecule has 2 N–H and O–H groups in total. The van der Waals surface area contributed by atoms with Crippen molar-refractivity contribution in [3.63, 3.8) is 0 Å². The fourth-order valence-corrected chi connectivity index (χ4v) is 6.24. The number of sulfone groups is 1. The standard InChI is InChI=1S/C22H21F3N2O4S/c1-11-6-7-13-16(10-11)32(30,31)15-5-3-4-12(2)18(15)19(13)27-21(29)14-8-9-17(22(23,24)25)26-20(14)28/h3-7,10,14,17,19H,8-9H2,1-2H3,(H,26,28)(H,27,29). The maximum Gasteiger partial charge on any atom is 0.408 e. The summed E-state index contributed by atoms with van der Waals surface area (Å²) < 4.78 is 65.2. The van der Waals surface area contributed by atoms with E-state index in [0.717, 1.165) is 5.56 Å². The van der Waals surface area contributed by atoms with Crippen molar-refractivity contribution < 1.29 is 31.2 Å². The van der Waals surface area contributed by atoms with Gasteiger partial charge in [-0.1, -0.05) is 24.3 Å². The Balaban J connectivity index is 1.71. The largest absolute Gasteiger partial charge is 0.408 e.